The zero-order valence-electron chi connectivity index (χ0n) is 12.2. The molecule has 1 rings (SSSR count). The Hall–Kier alpha value is -1.55. The van der Waals surface area contributed by atoms with Crippen LogP contribution in [0.1, 0.15) is 52.1 Å². The molecule has 4 nitrogen and oxygen atoms in total. The van der Waals surface area contributed by atoms with Crippen LogP contribution in [0.5, 0.6) is 0 Å². The van der Waals surface area contributed by atoms with Gasteiger partial charge in [-0.1, -0.05) is 43.7 Å². The van der Waals surface area contributed by atoms with E-state index in [-0.39, 0.29) is 6.04 Å². The smallest absolute Gasteiger partial charge is 0.422 e. The molecule has 1 amide bonds. The van der Waals surface area contributed by atoms with Gasteiger partial charge in [-0.3, -0.25) is 5.43 Å². The summed E-state index contributed by atoms with van der Waals surface area (Å²) in [5.74, 6) is 0. The third kappa shape index (κ3) is 6.25. The molecule has 0 aromatic heterocycles. The van der Waals surface area contributed by atoms with Crippen LogP contribution in [-0.4, -0.2) is 11.7 Å². The summed E-state index contributed by atoms with van der Waals surface area (Å²) in [5, 5.41) is 0. The van der Waals surface area contributed by atoms with Crippen LogP contribution in [0.25, 0.3) is 0 Å². The first-order chi connectivity index (χ1) is 8.92. The molecule has 1 aromatic rings. The van der Waals surface area contributed by atoms with E-state index in [1.807, 2.05) is 51.1 Å². The maximum Gasteiger partial charge on any atom is 0.422 e. The Labute approximate surface area is 115 Å². The van der Waals surface area contributed by atoms with Crippen molar-refractivity contribution >= 4 is 6.09 Å². The maximum absolute atomic E-state index is 11.6. The predicted molar refractivity (Wildman–Crippen MR) is 76.6 cm³/mol. The lowest BCUT2D eigenvalue weighted by molar-refractivity contribution is 0.0486. The summed E-state index contributed by atoms with van der Waals surface area (Å²) in [7, 11) is 0. The number of ether oxygens (including phenoxy) is 1. The van der Waals surface area contributed by atoms with Gasteiger partial charge in [-0.2, -0.15) is 0 Å². The van der Waals surface area contributed by atoms with Crippen LogP contribution in [0.2, 0.25) is 0 Å². The fourth-order valence-electron chi connectivity index (χ4n) is 1.75. The molecule has 0 saturated carbocycles. The lowest BCUT2D eigenvalue weighted by atomic mass is 10.0. The largest absolute Gasteiger partial charge is 0.443 e. The Kier molecular flexibility index (Phi) is 5.83. The molecule has 0 aliphatic carbocycles. The summed E-state index contributed by atoms with van der Waals surface area (Å²) < 4.78 is 5.19. The Morgan fingerprint density at radius 1 is 1.26 bits per heavy atom. The molecule has 0 aliphatic heterocycles. The van der Waals surface area contributed by atoms with Crippen LogP contribution in [0.3, 0.4) is 0 Å². The summed E-state index contributed by atoms with van der Waals surface area (Å²) in [5.41, 5.74) is 6.31. The van der Waals surface area contributed by atoms with E-state index in [1.54, 1.807) is 0 Å². The number of nitrogens with one attached hydrogen (secondary N) is 2. The van der Waals surface area contributed by atoms with Gasteiger partial charge in [0, 0.05) is 0 Å². The van der Waals surface area contributed by atoms with E-state index >= 15 is 0 Å². The van der Waals surface area contributed by atoms with Crippen LogP contribution >= 0.6 is 0 Å². The van der Waals surface area contributed by atoms with Gasteiger partial charge in [-0.05, 0) is 32.8 Å². The molecule has 0 saturated heterocycles. The highest BCUT2D eigenvalue weighted by molar-refractivity contribution is 5.67. The molecule has 0 spiro atoms. The van der Waals surface area contributed by atoms with Crippen molar-refractivity contribution in [2.75, 3.05) is 0 Å². The predicted octanol–water partition coefficient (Wildman–Crippen LogP) is 3.56. The molecule has 0 aliphatic rings. The van der Waals surface area contributed by atoms with Crippen LogP contribution < -0.4 is 10.9 Å². The Balaban J connectivity index is 2.54. The topological polar surface area (TPSA) is 50.4 Å². The van der Waals surface area contributed by atoms with E-state index in [0.717, 1.165) is 18.4 Å². The Morgan fingerprint density at radius 2 is 1.89 bits per heavy atom. The third-order valence-corrected chi connectivity index (χ3v) is 2.53. The molecular weight excluding hydrogens is 240 g/mol. The van der Waals surface area contributed by atoms with Gasteiger partial charge in [0.15, 0.2) is 0 Å². The van der Waals surface area contributed by atoms with Gasteiger partial charge in [0.05, 0.1) is 6.04 Å². The van der Waals surface area contributed by atoms with E-state index in [1.165, 1.54) is 0 Å². The highest BCUT2D eigenvalue weighted by atomic mass is 16.6. The SMILES string of the molecule is CCCC(NNC(=O)OC(C)(C)C)c1ccccc1. The van der Waals surface area contributed by atoms with Crippen molar-refractivity contribution in [3.05, 3.63) is 35.9 Å². The van der Waals surface area contributed by atoms with Crippen molar-refractivity contribution in [2.45, 2.75) is 52.2 Å². The molecule has 0 fully saturated rings. The monoisotopic (exact) mass is 264 g/mol. The van der Waals surface area contributed by atoms with E-state index in [9.17, 15) is 4.79 Å². The lowest BCUT2D eigenvalue weighted by Crippen LogP contribution is -2.43. The van der Waals surface area contributed by atoms with Crippen molar-refractivity contribution in [3.8, 4) is 0 Å². The average molecular weight is 264 g/mol. The quantitative estimate of drug-likeness (QED) is 0.799. The van der Waals surface area contributed by atoms with E-state index in [4.69, 9.17) is 4.74 Å². The highest BCUT2D eigenvalue weighted by Crippen LogP contribution is 2.17. The van der Waals surface area contributed by atoms with Crippen molar-refractivity contribution in [3.63, 3.8) is 0 Å². The van der Waals surface area contributed by atoms with Gasteiger partial charge in [0.1, 0.15) is 5.60 Å². The van der Waals surface area contributed by atoms with Gasteiger partial charge >= 0.3 is 6.09 Å². The fourth-order valence-corrected chi connectivity index (χ4v) is 1.75. The molecule has 19 heavy (non-hydrogen) atoms. The number of hydrazine groups is 1. The first kappa shape index (κ1) is 15.5. The minimum absolute atomic E-state index is 0.0960. The molecule has 0 radical (unpaired) electrons. The van der Waals surface area contributed by atoms with Gasteiger partial charge in [-0.25, -0.2) is 10.2 Å². The minimum Gasteiger partial charge on any atom is -0.443 e. The van der Waals surface area contributed by atoms with Crippen LogP contribution in [0, 0.1) is 0 Å². The lowest BCUT2D eigenvalue weighted by Gasteiger charge is -2.23. The van der Waals surface area contributed by atoms with Crippen LogP contribution in [0.15, 0.2) is 30.3 Å². The average Bonchev–Trinajstić information content (AvgIpc) is 2.33. The van der Waals surface area contributed by atoms with E-state index in [2.05, 4.69) is 17.8 Å². The molecule has 1 atom stereocenters. The number of benzene rings is 1. The van der Waals surface area contributed by atoms with Gasteiger partial charge in [0.25, 0.3) is 0 Å². The second kappa shape index (κ2) is 7.14. The van der Waals surface area contributed by atoms with Gasteiger partial charge in [0.2, 0.25) is 0 Å². The van der Waals surface area contributed by atoms with E-state index in [0.29, 0.717) is 0 Å². The minimum atomic E-state index is -0.487. The highest BCUT2D eigenvalue weighted by Gasteiger charge is 2.17. The molecule has 4 heteroatoms. The molecule has 2 N–H and O–H groups in total. The van der Waals surface area contributed by atoms with Crippen LogP contribution in [0.4, 0.5) is 4.79 Å². The number of carbonyl (C=O) groups is 1. The molecule has 0 bridgehead atoms. The second-order valence-electron chi connectivity index (χ2n) is 5.52. The zero-order chi connectivity index (χ0) is 14.3. The van der Waals surface area contributed by atoms with Gasteiger partial charge < -0.3 is 4.74 Å². The number of hydrogen-bond donors (Lipinski definition) is 2. The standard InChI is InChI=1S/C15H24N2O2/c1-5-9-13(12-10-7-6-8-11-12)16-17-14(18)19-15(2,3)4/h6-8,10-11,13,16H,5,9H2,1-4H3,(H,17,18). The number of carbonyl (C=O) groups excluding carboxylic acids is 1. The summed E-state index contributed by atoms with van der Waals surface area (Å²) in [6, 6.07) is 10.2. The van der Waals surface area contributed by atoms with Crippen molar-refractivity contribution in [1.82, 2.24) is 10.9 Å². The van der Waals surface area contributed by atoms with Gasteiger partial charge in [-0.15, -0.1) is 0 Å². The van der Waals surface area contributed by atoms with Crippen LogP contribution in [-0.2, 0) is 4.74 Å². The number of hydrogen-bond acceptors (Lipinski definition) is 3. The Bertz CT molecular complexity index is 385. The molecule has 1 aromatic carbocycles. The third-order valence-electron chi connectivity index (χ3n) is 2.53. The van der Waals surface area contributed by atoms with E-state index < -0.39 is 11.7 Å². The molecular formula is C15H24N2O2. The summed E-state index contributed by atoms with van der Waals surface area (Å²) in [4.78, 5) is 11.6. The number of rotatable bonds is 5. The summed E-state index contributed by atoms with van der Waals surface area (Å²) >= 11 is 0. The Morgan fingerprint density at radius 3 is 2.42 bits per heavy atom. The first-order valence-corrected chi connectivity index (χ1v) is 6.72. The number of amides is 1. The maximum atomic E-state index is 11.6. The zero-order valence-corrected chi connectivity index (χ0v) is 12.2. The normalized spacial score (nSPS) is 12.8. The van der Waals surface area contributed by atoms with Crippen molar-refractivity contribution in [2.24, 2.45) is 0 Å². The second-order valence-corrected chi connectivity index (χ2v) is 5.52. The summed E-state index contributed by atoms with van der Waals surface area (Å²) in [6.45, 7) is 7.64. The first-order valence-electron chi connectivity index (χ1n) is 6.72. The molecule has 106 valence electrons. The van der Waals surface area contributed by atoms with Crippen molar-refractivity contribution in [1.29, 1.82) is 0 Å². The fraction of sp³-hybridized carbons (Fsp3) is 0.533. The molecule has 1 unspecified atom stereocenters. The molecule has 0 heterocycles. The van der Waals surface area contributed by atoms with Crippen molar-refractivity contribution < 1.29 is 9.53 Å². The summed E-state index contributed by atoms with van der Waals surface area (Å²) in [6.07, 6.45) is 1.52.